The number of carboxylic acids is 1. The molecular weight excluding hydrogens is 312 g/mol. The van der Waals surface area contributed by atoms with Crippen LogP contribution >= 0.6 is 0 Å². The fourth-order valence-electron chi connectivity index (χ4n) is 2.74. The van der Waals surface area contributed by atoms with Crippen molar-refractivity contribution in [1.82, 2.24) is 0 Å². The third-order valence-corrected chi connectivity index (χ3v) is 4.26. The Morgan fingerprint density at radius 3 is 2.00 bits per heavy atom. The second-order valence-electron chi connectivity index (χ2n) is 6.71. The maximum absolute atomic E-state index is 10.2. The van der Waals surface area contributed by atoms with Crippen LogP contribution in [0.2, 0.25) is 0 Å². The van der Waals surface area contributed by atoms with Gasteiger partial charge < -0.3 is 10.2 Å². The summed E-state index contributed by atoms with van der Waals surface area (Å²) in [6.45, 7) is 2.24. The van der Waals surface area contributed by atoms with Gasteiger partial charge in [-0.3, -0.25) is 0 Å². The van der Waals surface area contributed by atoms with E-state index >= 15 is 0 Å². The van der Waals surface area contributed by atoms with Crippen molar-refractivity contribution in [2.75, 3.05) is 0 Å². The summed E-state index contributed by atoms with van der Waals surface area (Å²) in [7, 11) is 0. The Morgan fingerprint density at radius 1 is 0.800 bits per heavy atom. The van der Waals surface area contributed by atoms with Gasteiger partial charge >= 0.3 is 5.97 Å². The van der Waals surface area contributed by atoms with Crippen LogP contribution < -0.4 is 0 Å². The highest BCUT2D eigenvalue weighted by molar-refractivity contribution is 5.80. The van der Waals surface area contributed by atoms with E-state index in [1.165, 1.54) is 51.0 Å². The Balaban J connectivity index is 3.37. The van der Waals surface area contributed by atoms with Crippen molar-refractivity contribution in [1.29, 1.82) is 0 Å². The molecule has 0 aliphatic rings. The molecule has 2 N–H and O–H groups in total. The first kappa shape index (κ1) is 23.6. The highest BCUT2D eigenvalue weighted by Crippen LogP contribution is 2.13. The lowest BCUT2D eigenvalue weighted by Crippen LogP contribution is -2.05. The summed E-state index contributed by atoms with van der Waals surface area (Å²) < 4.78 is 0. The molecule has 0 aromatic rings. The van der Waals surface area contributed by atoms with Crippen LogP contribution in [-0.4, -0.2) is 22.3 Å². The van der Waals surface area contributed by atoms with Gasteiger partial charge in [-0.2, -0.15) is 0 Å². The molecule has 0 saturated carbocycles. The predicted molar refractivity (Wildman–Crippen MR) is 107 cm³/mol. The Morgan fingerprint density at radius 2 is 1.36 bits per heavy atom. The molecule has 3 heteroatoms. The lowest BCUT2D eigenvalue weighted by molar-refractivity contribution is -0.131. The summed E-state index contributed by atoms with van der Waals surface area (Å²) in [6.07, 6.45) is 25.5. The number of hydrogen-bond donors (Lipinski definition) is 2. The molecule has 0 heterocycles. The van der Waals surface area contributed by atoms with Crippen molar-refractivity contribution in [3.63, 3.8) is 0 Å². The van der Waals surface area contributed by atoms with Crippen LogP contribution in [0.25, 0.3) is 0 Å². The van der Waals surface area contributed by atoms with Crippen molar-refractivity contribution in [3.05, 3.63) is 36.5 Å². The van der Waals surface area contributed by atoms with Crippen molar-refractivity contribution in [2.45, 2.75) is 96.5 Å². The van der Waals surface area contributed by atoms with Crippen LogP contribution in [0.15, 0.2) is 36.5 Å². The number of unbranched alkanes of at least 4 members (excludes halogenated alkanes) is 9. The average molecular weight is 351 g/mol. The van der Waals surface area contributed by atoms with E-state index in [0.717, 1.165) is 44.6 Å². The number of carbonyl (C=O) groups is 1. The molecule has 1 atom stereocenters. The van der Waals surface area contributed by atoms with Crippen molar-refractivity contribution >= 4 is 5.97 Å². The van der Waals surface area contributed by atoms with E-state index in [2.05, 4.69) is 13.0 Å². The Kier molecular flexibility index (Phi) is 18.0. The van der Waals surface area contributed by atoms with Gasteiger partial charge in [0, 0.05) is 6.08 Å². The number of aliphatic carboxylic acids is 1. The Bertz CT molecular complexity index is 383. The molecule has 0 saturated heterocycles. The minimum atomic E-state index is -0.928. The van der Waals surface area contributed by atoms with Gasteiger partial charge in [-0.1, -0.05) is 95.1 Å². The second kappa shape index (κ2) is 19.0. The van der Waals surface area contributed by atoms with E-state index in [9.17, 15) is 9.90 Å². The topological polar surface area (TPSA) is 57.5 Å². The zero-order valence-corrected chi connectivity index (χ0v) is 16.0. The highest BCUT2D eigenvalue weighted by atomic mass is 16.4. The molecule has 0 bridgehead atoms. The molecule has 1 unspecified atom stereocenters. The normalized spacial score (nSPS) is 13.4. The second-order valence-corrected chi connectivity index (χ2v) is 6.71. The SMILES string of the molecule is CCCCCCCCCC(O)CCCCCC=CC=CC=CC(=O)O. The molecule has 25 heavy (non-hydrogen) atoms. The third kappa shape index (κ3) is 20.6. The van der Waals surface area contributed by atoms with Crippen molar-refractivity contribution in [2.24, 2.45) is 0 Å². The van der Waals surface area contributed by atoms with Crippen LogP contribution in [0.3, 0.4) is 0 Å². The van der Waals surface area contributed by atoms with Gasteiger partial charge in [0.1, 0.15) is 0 Å². The molecule has 0 aliphatic heterocycles. The Hall–Kier alpha value is -1.35. The lowest BCUT2D eigenvalue weighted by atomic mass is 10.0. The zero-order valence-electron chi connectivity index (χ0n) is 16.0. The van der Waals surface area contributed by atoms with Gasteiger partial charge in [-0.25, -0.2) is 4.79 Å². The molecule has 0 aromatic carbocycles. The average Bonchev–Trinajstić information content (AvgIpc) is 2.58. The van der Waals surface area contributed by atoms with Gasteiger partial charge in [0.15, 0.2) is 0 Å². The monoisotopic (exact) mass is 350 g/mol. The first-order chi connectivity index (χ1) is 12.2. The summed E-state index contributed by atoms with van der Waals surface area (Å²) in [5.41, 5.74) is 0. The lowest BCUT2D eigenvalue weighted by Gasteiger charge is -2.10. The van der Waals surface area contributed by atoms with Crippen LogP contribution in [-0.2, 0) is 4.79 Å². The third-order valence-electron chi connectivity index (χ3n) is 4.26. The number of rotatable bonds is 17. The number of carboxylic acid groups (broad SMARTS) is 1. The van der Waals surface area contributed by atoms with Crippen molar-refractivity contribution in [3.8, 4) is 0 Å². The number of aliphatic hydroxyl groups is 1. The van der Waals surface area contributed by atoms with Crippen LogP contribution in [0, 0.1) is 0 Å². The first-order valence-corrected chi connectivity index (χ1v) is 10.1. The maximum Gasteiger partial charge on any atom is 0.328 e. The molecule has 0 radical (unpaired) electrons. The fraction of sp³-hybridized carbons (Fsp3) is 0.682. The minimum absolute atomic E-state index is 0.116. The van der Waals surface area contributed by atoms with Gasteiger partial charge in [0.25, 0.3) is 0 Å². The molecule has 0 spiro atoms. The standard InChI is InChI=1S/C22H38O3/c1-2-3-4-5-9-12-15-18-21(23)19-16-13-10-7-6-8-11-14-17-20-22(24)25/h6,8,11,14,17,20-21,23H,2-5,7,9-10,12-13,15-16,18-19H2,1H3,(H,24,25). The smallest absolute Gasteiger partial charge is 0.328 e. The number of hydrogen-bond acceptors (Lipinski definition) is 2. The van der Waals surface area contributed by atoms with Crippen LogP contribution in [0.4, 0.5) is 0 Å². The van der Waals surface area contributed by atoms with E-state index in [-0.39, 0.29) is 6.10 Å². The number of allylic oxidation sites excluding steroid dienone is 5. The highest BCUT2D eigenvalue weighted by Gasteiger charge is 2.03. The predicted octanol–water partition coefficient (Wildman–Crippen LogP) is 6.19. The van der Waals surface area contributed by atoms with E-state index in [4.69, 9.17) is 5.11 Å². The van der Waals surface area contributed by atoms with Crippen LogP contribution in [0.5, 0.6) is 0 Å². The fourth-order valence-corrected chi connectivity index (χ4v) is 2.74. The maximum atomic E-state index is 10.2. The van der Waals surface area contributed by atoms with E-state index in [0.29, 0.717) is 0 Å². The molecule has 0 aromatic heterocycles. The molecule has 0 aliphatic carbocycles. The summed E-state index contributed by atoms with van der Waals surface area (Å²) in [5.74, 6) is -0.928. The molecule has 3 nitrogen and oxygen atoms in total. The Labute approximate surface area is 154 Å². The number of aliphatic hydroxyl groups excluding tert-OH is 1. The quantitative estimate of drug-likeness (QED) is 0.187. The molecule has 144 valence electrons. The zero-order chi connectivity index (χ0) is 18.6. The van der Waals surface area contributed by atoms with E-state index in [1.807, 2.05) is 12.2 Å². The van der Waals surface area contributed by atoms with E-state index in [1.54, 1.807) is 6.08 Å². The summed E-state index contributed by atoms with van der Waals surface area (Å²) in [6, 6.07) is 0. The molecule has 0 fully saturated rings. The largest absolute Gasteiger partial charge is 0.478 e. The summed E-state index contributed by atoms with van der Waals surface area (Å²) in [5, 5.41) is 18.4. The summed E-state index contributed by atoms with van der Waals surface area (Å²) >= 11 is 0. The first-order valence-electron chi connectivity index (χ1n) is 10.1. The van der Waals surface area contributed by atoms with Gasteiger partial charge in [-0.15, -0.1) is 0 Å². The molecular formula is C22H38O3. The van der Waals surface area contributed by atoms with Crippen LogP contribution in [0.1, 0.15) is 90.4 Å². The van der Waals surface area contributed by atoms with E-state index < -0.39 is 5.97 Å². The minimum Gasteiger partial charge on any atom is -0.478 e. The molecule has 0 amide bonds. The summed E-state index contributed by atoms with van der Waals surface area (Å²) in [4.78, 5) is 10.2. The van der Waals surface area contributed by atoms with Gasteiger partial charge in [-0.05, 0) is 25.7 Å². The van der Waals surface area contributed by atoms with Crippen molar-refractivity contribution < 1.29 is 15.0 Å². The van der Waals surface area contributed by atoms with Gasteiger partial charge in [0.2, 0.25) is 0 Å². The van der Waals surface area contributed by atoms with Gasteiger partial charge in [0.05, 0.1) is 6.10 Å². The molecule has 0 rings (SSSR count).